The zero-order valence-corrected chi connectivity index (χ0v) is 18.2. The van der Waals surface area contributed by atoms with E-state index in [1.807, 2.05) is 4.90 Å². The van der Waals surface area contributed by atoms with Gasteiger partial charge in [-0.3, -0.25) is 9.59 Å². The third kappa shape index (κ3) is 4.99. The second-order valence-corrected chi connectivity index (χ2v) is 8.10. The lowest BCUT2D eigenvalue weighted by Gasteiger charge is -2.29. The predicted molar refractivity (Wildman–Crippen MR) is 110 cm³/mol. The van der Waals surface area contributed by atoms with Crippen molar-refractivity contribution in [1.29, 1.82) is 0 Å². The van der Waals surface area contributed by atoms with E-state index in [1.54, 1.807) is 0 Å². The van der Waals surface area contributed by atoms with E-state index in [1.165, 1.54) is 4.90 Å². The minimum atomic E-state index is -1.48. The number of anilines is 1. The summed E-state index contributed by atoms with van der Waals surface area (Å²) in [6.07, 6.45) is -0.676. The topological polar surface area (TPSA) is 124 Å². The summed E-state index contributed by atoms with van der Waals surface area (Å²) >= 11 is 0. The van der Waals surface area contributed by atoms with Crippen LogP contribution in [0.1, 0.15) is 30.3 Å². The molecule has 1 aromatic carbocycles. The van der Waals surface area contributed by atoms with Gasteiger partial charge in [0.2, 0.25) is 0 Å². The minimum absolute atomic E-state index is 0.0678. The molecule has 3 atom stereocenters. The standard InChI is InChI=1S/C21H24F3N5O5/c22-13-10-15(24)14(23)8-12(13)9-16(25)18(33-11-30)20(31)29-3-1-2-17(29)19-26-21(27-34-19)28-4-6-32-7-5-28/h8,10-11,16-18H,1-7,9,25H2/t16-,17+,18?/m1/s1. The number of likely N-dealkylation sites (tertiary alicyclic amines) is 1. The van der Waals surface area contributed by atoms with Crippen molar-refractivity contribution in [3.05, 3.63) is 41.0 Å². The summed E-state index contributed by atoms with van der Waals surface area (Å²) in [6, 6.07) is -0.714. The van der Waals surface area contributed by atoms with Crippen molar-refractivity contribution < 1.29 is 36.8 Å². The van der Waals surface area contributed by atoms with Gasteiger partial charge in [0.15, 0.2) is 17.7 Å². The van der Waals surface area contributed by atoms with Crippen molar-refractivity contribution in [2.24, 2.45) is 5.73 Å². The van der Waals surface area contributed by atoms with Gasteiger partial charge in [0.1, 0.15) is 11.9 Å². The molecule has 0 bridgehead atoms. The second kappa shape index (κ2) is 10.4. The largest absolute Gasteiger partial charge is 0.453 e. The fourth-order valence-corrected chi connectivity index (χ4v) is 4.19. The molecule has 2 fully saturated rings. The molecule has 34 heavy (non-hydrogen) atoms. The monoisotopic (exact) mass is 483 g/mol. The number of amides is 1. The molecule has 3 heterocycles. The number of hydrogen-bond donors (Lipinski definition) is 1. The molecule has 2 aliphatic heterocycles. The molecule has 0 radical (unpaired) electrons. The van der Waals surface area contributed by atoms with Crippen LogP contribution in [0, 0.1) is 17.5 Å². The van der Waals surface area contributed by atoms with Gasteiger partial charge in [-0.1, -0.05) is 0 Å². The Balaban J connectivity index is 1.50. The molecular weight excluding hydrogens is 459 g/mol. The zero-order chi connectivity index (χ0) is 24.2. The zero-order valence-electron chi connectivity index (χ0n) is 18.2. The highest BCUT2D eigenvalue weighted by atomic mass is 19.2. The summed E-state index contributed by atoms with van der Waals surface area (Å²) in [6.45, 7) is 2.69. The molecule has 0 saturated carbocycles. The van der Waals surface area contributed by atoms with Gasteiger partial charge in [0, 0.05) is 25.7 Å². The lowest BCUT2D eigenvalue weighted by Crippen LogP contribution is -2.50. The number of ether oxygens (including phenoxy) is 2. The predicted octanol–water partition coefficient (Wildman–Crippen LogP) is 1.10. The second-order valence-electron chi connectivity index (χ2n) is 8.10. The maximum absolute atomic E-state index is 14.1. The highest BCUT2D eigenvalue weighted by Gasteiger charge is 2.40. The first kappa shape index (κ1) is 24.0. The molecule has 2 saturated heterocycles. The van der Waals surface area contributed by atoms with E-state index >= 15 is 0 Å². The Morgan fingerprint density at radius 1 is 1.21 bits per heavy atom. The number of halogens is 3. The van der Waals surface area contributed by atoms with Crippen LogP contribution in [-0.4, -0.2) is 72.4 Å². The minimum Gasteiger partial charge on any atom is -0.453 e. The van der Waals surface area contributed by atoms with Gasteiger partial charge in [-0.25, -0.2) is 13.2 Å². The molecule has 2 N–H and O–H groups in total. The van der Waals surface area contributed by atoms with E-state index in [4.69, 9.17) is 19.7 Å². The molecule has 10 nitrogen and oxygen atoms in total. The summed E-state index contributed by atoms with van der Waals surface area (Å²) in [7, 11) is 0. The fourth-order valence-electron chi connectivity index (χ4n) is 4.19. The van der Waals surface area contributed by atoms with Crippen molar-refractivity contribution in [3.8, 4) is 0 Å². The molecule has 2 aromatic rings. The average Bonchev–Trinajstić information content (AvgIpc) is 3.51. The summed E-state index contributed by atoms with van der Waals surface area (Å²) in [5.74, 6) is -3.62. The lowest BCUT2D eigenvalue weighted by molar-refractivity contribution is -0.154. The first-order valence-electron chi connectivity index (χ1n) is 10.8. The number of carbonyl (C=O) groups excluding carboxylic acids is 2. The summed E-state index contributed by atoms with van der Waals surface area (Å²) in [4.78, 5) is 32.1. The smallest absolute Gasteiger partial charge is 0.293 e. The van der Waals surface area contributed by atoms with Crippen molar-refractivity contribution in [2.45, 2.75) is 37.5 Å². The Labute approximate surface area is 192 Å². The molecule has 1 amide bonds. The Morgan fingerprint density at radius 3 is 2.68 bits per heavy atom. The molecule has 1 aromatic heterocycles. The van der Waals surface area contributed by atoms with Crippen LogP contribution in [0.4, 0.5) is 19.1 Å². The van der Waals surface area contributed by atoms with Crippen LogP contribution in [-0.2, 0) is 25.5 Å². The van der Waals surface area contributed by atoms with E-state index < -0.39 is 41.5 Å². The van der Waals surface area contributed by atoms with E-state index in [-0.39, 0.29) is 24.3 Å². The SMILES string of the molecule is N[C@H](Cc1cc(F)c(F)cc1F)C(OC=O)C(=O)N1CCC[C@H]1c1nc(N2CCOCC2)no1. The Bertz CT molecular complexity index is 1030. The van der Waals surface area contributed by atoms with Crippen LogP contribution in [0.15, 0.2) is 16.7 Å². The summed E-state index contributed by atoms with van der Waals surface area (Å²) in [5.41, 5.74) is 5.82. The molecule has 0 spiro atoms. The van der Waals surface area contributed by atoms with Crippen LogP contribution in [0.5, 0.6) is 0 Å². The number of benzene rings is 1. The van der Waals surface area contributed by atoms with Crippen LogP contribution in [0.2, 0.25) is 0 Å². The third-order valence-corrected chi connectivity index (χ3v) is 5.93. The molecule has 2 aliphatic rings. The summed E-state index contributed by atoms with van der Waals surface area (Å²) < 4.78 is 56.5. The van der Waals surface area contributed by atoms with Gasteiger partial charge in [-0.2, -0.15) is 4.98 Å². The number of hydrogen-bond acceptors (Lipinski definition) is 9. The number of aromatic nitrogens is 2. The normalized spacial score (nSPS) is 20.3. The van der Waals surface area contributed by atoms with Crippen LogP contribution in [0.25, 0.3) is 0 Å². The Morgan fingerprint density at radius 2 is 1.94 bits per heavy atom. The van der Waals surface area contributed by atoms with Gasteiger partial charge in [-0.05, 0) is 36.0 Å². The maximum atomic E-state index is 14.1. The van der Waals surface area contributed by atoms with E-state index in [2.05, 4.69) is 10.1 Å². The molecule has 184 valence electrons. The first-order valence-corrected chi connectivity index (χ1v) is 10.8. The Hall–Kier alpha value is -3.19. The number of nitrogens with two attached hydrogens (primary N) is 1. The molecular formula is C21H24F3N5O5. The van der Waals surface area contributed by atoms with Crippen LogP contribution in [0.3, 0.4) is 0 Å². The highest BCUT2D eigenvalue weighted by molar-refractivity contribution is 5.83. The third-order valence-electron chi connectivity index (χ3n) is 5.93. The Kier molecular flexibility index (Phi) is 7.32. The number of morpholine rings is 1. The van der Waals surface area contributed by atoms with E-state index in [0.29, 0.717) is 63.8 Å². The average molecular weight is 483 g/mol. The van der Waals surface area contributed by atoms with Crippen molar-refractivity contribution in [2.75, 3.05) is 37.7 Å². The van der Waals surface area contributed by atoms with Gasteiger partial charge in [0.05, 0.1) is 19.3 Å². The maximum Gasteiger partial charge on any atom is 0.293 e. The molecule has 0 aliphatic carbocycles. The van der Waals surface area contributed by atoms with Gasteiger partial charge in [0.25, 0.3) is 24.2 Å². The molecule has 4 rings (SSSR count). The quantitative estimate of drug-likeness (QED) is 0.434. The van der Waals surface area contributed by atoms with E-state index in [0.717, 1.165) is 0 Å². The molecule has 13 heteroatoms. The van der Waals surface area contributed by atoms with Gasteiger partial charge in [-0.15, -0.1) is 0 Å². The van der Waals surface area contributed by atoms with E-state index in [9.17, 15) is 22.8 Å². The van der Waals surface area contributed by atoms with Crippen molar-refractivity contribution >= 4 is 18.3 Å². The summed E-state index contributed by atoms with van der Waals surface area (Å²) in [5, 5.41) is 4.00. The lowest BCUT2D eigenvalue weighted by atomic mass is 10.00. The van der Waals surface area contributed by atoms with Crippen molar-refractivity contribution in [1.82, 2.24) is 15.0 Å². The highest BCUT2D eigenvalue weighted by Crippen LogP contribution is 2.33. The van der Waals surface area contributed by atoms with Gasteiger partial charge < -0.3 is 29.5 Å². The number of rotatable bonds is 8. The van der Waals surface area contributed by atoms with Crippen molar-refractivity contribution in [3.63, 3.8) is 0 Å². The number of carbonyl (C=O) groups is 2. The number of nitrogens with zero attached hydrogens (tertiary/aromatic N) is 4. The first-order chi connectivity index (χ1) is 16.4. The van der Waals surface area contributed by atoms with Crippen LogP contribution < -0.4 is 10.6 Å². The molecule has 1 unspecified atom stereocenters. The fraction of sp³-hybridized carbons (Fsp3) is 0.524. The van der Waals surface area contributed by atoms with Gasteiger partial charge >= 0.3 is 0 Å². The van der Waals surface area contributed by atoms with Crippen LogP contribution >= 0.6 is 0 Å².